The third-order valence-electron chi connectivity index (χ3n) is 1.83. The minimum absolute atomic E-state index is 0.227. The maximum atomic E-state index is 11.6. The number of rotatable bonds is 1. The zero-order valence-electron chi connectivity index (χ0n) is 7.72. The molecule has 5 heteroatoms. The summed E-state index contributed by atoms with van der Waals surface area (Å²) >= 11 is 3.32. The van der Waals surface area contributed by atoms with Crippen molar-refractivity contribution in [2.24, 2.45) is 0 Å². The van der Waals surface area contributed by atoms with Crippen molar-refractivity contribution in [3.8, 4) is 0 Å². The van der Waals surface area contributed by atoms with E-state index in [1.54, 1.807) is 12.4 Å². The quantitative estimate of drug-likeness (QED) is 0.862. The molecule has 4 nitrogen and oxygen atoms in total. The SMILES string of the molecule is O=C(Nc1ccc(Br)cc1)n1ccnc1. The van der Waals surface area contributed by atoms with Gasteiger partial charge < -0.3 is 5.32 Å². The molecule has 2 rings (SSSR count). The highest BCUT2D eigenvalue weighted by Crippen LogP contribution is 2.14. The molecule has 0 radical (unpaired) electrons. The number of benzene rings is 1. The van der Waals surface area contributed by atoms with E-state index in [9.17, 15) is 4.79 Å². The van der Waals surface area contributed by atoms with Crippen molar-refractivity contribution in [1.82, 2.24) is 9.55 Å². The number of carbonyl (C=O) groups is 1. The van der Waals surface area contributed by atoms with Crippen molar-refractivity contribution in [1.29, 1.82) is 0 Å². The maximum Gasteiger partial charge on any atom is 0.331 e. The predicted octanol–water partition coefficient (Wildman–Crippen LogP) is 2.73. The molecule has 1 amide bonds. The van der Waals surface area contributed by atoms with Crippen LogP contribution in [0.1, 0.15) is 0 Å². The number of amides is 1. The lowest BCUT2D eigenvalue weighted by molar-refractivity contribution is 0.253. The van der Waals surface area contributed by atoms with Crippen LogP contribution in [-0.4, -0.2) is 15.6 Å². The third-order valence-corrected chi connectivity index (χ3v) is 2.36. The van der Waals surface area contributed by atoms with Crippen LogP contribution >= 0.6 is 15.9 Å². The number of nitrogens with zero attached hydrogens (tertiary/aromatic N) is 2. The zero-order chi connectivity index (χ0) is 10.7. The molecule has 0 bridgehead atoms. The fourth-order valence-corrected chi connectivity index (χ4v) is 1.36. The highest BCUT2D eigenvalue weighted by Gasteiger charge is 2.02. The second-order valence-corrected chi connectivity index (χ2v) is 3.82. The number of imidazole rings is 1. The fourth-order valence-electron chi connectivity index (χ4n) is 1.10. The molecule has 2 aromatic rings. The van der Waals surface area contributed by atoms with Crippen LogP contribution in [-0.2, 0) is 0 Å². The van der Waals surface area contributed by atoms with Gasteiger partial charge in [0.25, 0.3) is 0 Å². The number of carbonyl (C=O) groups excluding carboxylic acids is 1. The summed E-state index contributed by atoms with van der Waals surface area (Å²) in [6.07, 6.45) is 4.60. The minimum Gasteiger partial charge on any atom is -0.307 e. The van der Waals surface area contributed by atoms with E-state index in [4.69, 9.17) is 0 Å². The second-order valence-electron chi connectivity index (χ2n) is 2.91. The smallest absolute Gasteiger partial charge is 0.307 e. The van der Waals surface area contributed by atoms with Gasteiger partial charge >= 0.3 is 6.03 Å². The van der Waals surface area contributed by atoms with Gasteiger partial charge in [0, 0.05) is 22.6 Å². The lowest BCUT2D eigenvalue weighted by Gasteiger charge is -2.04. The number of nitrogens with one attached hydrogen (secondary N) is 1. The van der Waals surface area contributed by atoms with Gasteiger partial charge in [0.2, 0.25) is 0 Å². The number of halogens is 1. The highest BCUT2D eigenvalue weighted by atomic mass is 79.9. The van der Waals surface area contributed by atoms with E-state index in [1.165, 1.54) is 10.9 Å². The van der Waals surface area contributed by atoms with Crippen LogP contribution in [0.4, 0.5) is 10.5 Å². The van der Waals surface area contributed by atoms with Crippen LogP contribution < -0.4 is 5.32 Å². The normalized spacial score (nSPS) is 9.93. The van der Waals surface area contributed by atoms with Crippen LogP contribution in [0.2, 0.25) is 0 Å². The first-order valence-corrected chi connectivity index (χ1v) is 5.10. The Hall–Kier alpha value is -1.62. The highest BCUT2D eigenvalue weighted by molar-refractivity contribution is 9.10. The van der Waals surface area contributed by atoms with E-state index in [-0.39, 0.29) is 6.03 Å². The van der Waals surface area contributed by atoms with Crippen molar-refractivity contribution in [3.05, 3.63) is 47.5 Å². The van der Waals surface area contributed by atoms with Crippen LogP contribution in [0.25, 0.3) is 0 Å². The van der Waals surface area contributed by atoms with Crippen LogP contribution in [0.5, 0.6) is 0 Å². The Morgan fingerprint density at radius 1 is 1.33 bits per heavy atom. The molecule has 1 heterocycles. The van der Waals surface area contributed by atoms with Gasteiger partial charge in [0.1, 0.15) is 6.33 Å². The molecule has 0 spiro atoms. The Morgan fingerprint density at radius 2 is 2.07 bits per heavy atom. The second kappa shape index (κ2) is 4.27. The summed E-state index contributed by atoms with van der Waals surface area (Å²) in [5.41, 5.74) is 0.747. The van der Waals surface area contributed by atoms with E-state index < -0.39 is 0 Å². The minimum atomic E-state index is -0.227. The van der Waals surface area contributed by atoms with Gasteiger partial charge in [0.15, 0.2) is 0 Å². The largest absolute Gasteiger partial charge is 0.331 e. The lowest BCUT2D eigenvalue weighted by atomic mass is 10.3. The van der Waals surface area contributed by atoms with Crippen LogP contribution in [0.15, 0.2) is 47.5 Å². The molecule has 1 aromatic carbocycles. The average Bonchev–Trinajstić information content (AvgIpc) is 2.74. The first-order chi connectivity index (χ1) is 7.25. The Bertz CT molecular complexity index is 450. The van der Waals surface area contributed by atoms with Gasteiger partial charge in [-0.05, 0) is 24.3 Å². The third kappa shape index (κ3) is 2.44. The van der Waals surface area contributed by atoms with Gasteiger partial charge in [-0.25, -0.2) is 9.78 Å². The summed E-state index contributed by atoms with van der Waals surface area (Å²) in [4.78, 5) is 15.4. The van der Waals surface area contributed by atoms with E-state index >= 15 is 0 Å². The first kappa shape index (κ1) is 9.92. The van der Waals surface area contributed by atoms with E-state index in [2.05, 4.69) is 26.2 Å². The molecular weight excluding hydrogens is 258 g/mol. The van der Waals surface area contributed by atoms with Gasteiger partial charge in [0.05, 0.1) is 0 Å². The van der Waals surface area contributed by atoms with Gasteiger partial charge in [-0.15, -0.1) is 0 Å². The molecule has 1 N–H and O–H groups in total. The summed E-state index contributed by atoms with van der Waals surface area (Å²) in [7, 11) is 0. The van der Waals surface area contributed by atoms with Crippen molar-refractivity contribution in [3.63, 3.8) is 0 Å². The summed E-state index contributed by atoms with van der Waals surface area (Å²) in [6.45, 7) is 0. The lowest BCUT2D eigenvalue weighted by Crippen LogP contribution is -2.17. The molecule has 0 aliphatic rings. The Labute approximate surface area is 95.1 Å². The van der Waals surface area contributed by atoms with Crippen LogP contribution in [0.3, 0.4) is 0 Å². The van der Waals surface area contributed by atoms with E-state index in [0.29, 0.717) is 0 Å². The summed E-state index contributed by atoms with van der Waals surface area (Å²) in [5, 5.41) is 2.73. The first-order valence-electron chi connectivity index (χ1n) is 4.30. The predicted molar refractivity (Wildman–Crippen MR) is 60.8 cm³/mol. The van der Waals surface area contributed by atoms with Crippen molar-refractivity contribution in [2.75, 3.05) is 5.32 Å². The summed E-state index contributed by atoms with van der Waals surface area (Å²) < 4.78 is 2.35. The zero-order valence-corrected chi connectivity index (χ0v) is 9.31. The molecule has 0 unspecified atom stereocenters. The molecule has 0 fully saturated rings. The Morgan fingerprint density at radius 3 is 2.67 bits per heavy atom. The van der Waals surface area contributed by atoms with Crippen LogP contribution in [0, 0.1) is 0 Å². The molecule has 0 saturated heterocycles. The standard InChI is InChI=1S/C10H8BrN3O/c11-8-1-3-9(4-2-8)13-10(15)14-6-5-12-7-14/h1-7H,(H,13,15). The monoisotopic (exact) mass is 265 g/mol. The molecule has 0 aliphatic carbocycles. The van der Waals surface area contributed by atoms with Gasteiger partial charge in [-0.2, -0.15) is 0 Å². The summed E-state index contributed by atoms with van der Waals surface area (Å²) in [5.74, 6) is 0. The Kier molecular flexibility index (Phi) is 2.82. The van der Waals surface area contributed by atoms with Gasteiger partial charge in [-0.3, -0.25) is 4.57 Å². The molecule has 0 atom stereocenters. The number of hydrogen-bond acceptors (Lipinski definition) is 2. The number of aromatic nitrogens is 2. The molecular formula is C10H8BrN3O. The number of anilines is 1. The van der Waals surface area contributed by atoms with E-state index in [1.807, 2.05) is 24.3 Å². The number of hydrogen-bond donors (Lipinski definition) is 1. The molecule has 0 aliphatic heterocycles. The average molecular weight is 266 g/mol. The molecule has 15 heavy (non-hydrogen) atoms. The Balaban J connectivity index is 2.09. The van der Waals surface area contributed by atoms with Crippen molar-refractivity contribution < 1.29 is 4.79 Å². The molecule has 76 valence electrons. The van der Waals surface area contributed by atoms with Gasteiger partial charge in [-0.1, -0.05) is 15.9 Å². The molecule has 0 saturated carbocycles. The topological polar surface area (TPSA) is 46.9 Å². The van der Waals surface area contributed by atoms with Crippen molar-refractivity contribution in [2.45, 2.75) is 0 Å². The summed E-state index contributed by atoms with van der Waals surface area (Å²) in [6, 6.07) is 7.14. The fraction of sp³-hybridized carbons (Fsp3) is 0. The van der Waals surface area contributed by atoms with Crippen molar-refractivity contribution >= 4 is 27.6 Å². The molecule has 1 aromatic heterocycles. The van der Waals surface area contributed by atoms with E-state index in [0.717, 1.165) is 10.2 Å². The maximum absolute atomic E-state index is 11.6.